The third kappa shape index (κ3) is 4.75. The number of aryl methyl sites for hydroxylation is 1. The molecule has 1 aliphatic heterocycles. The summed E-state index contributed by atoms with van der Waals surface area (Å²) in [5.41, 5.74) is -0.602. The maximum Gasteiger partial charge on any atom is 0.289 e. The third-order valence-corrected chi connectivity index (χ3v) is 7.10. The van der Waals surface area contributed by atoms with E-state index in [4.69, 9.17) is 9.47 Å². The Morgan fingerprint density at radius 2 is 1.86 bits per heavy atom. The van der Waals surface area contributed by atoms with Gasteiger partial charge >= 0.3 is 0 Å². The average molecular weight is 509 g/mol. The number of pyridine rings is 1. The molecule has 1 unspecified atom stereocenters. The van der Waals surface area contributed by atoms with Crippen LogP contribution in [0.3, 0.4) is 0 Å². The van der Waals surface area contributed by atoms with Crippen LogP contribution in [0, 0.1) is 11.7 Å². The highest BCUT2D eigenvalue weighted by atomic mass is 19.1. The number of aromatic nitrogens is 3. The fraction of sp³-hybridized carbons (Fsp3) is 0.407. The van der Waals surface area contributed by atoms with E-state index in [0.717, 1.165) is 19.3 Å². The zero-order valence-corrected chi connectivity index (χ0v) is 20.8. The van der Waals surface area contributed by atoms with Crippen molar-refractivity contribution in [3.05, 3.63) is 69.8 Å². The van der Waals surface area contributed by atoms with Gasteiger partial charge in [0.05, 0.1) is 19.9 Å². The zero-order chi connectivity index (χ0) is 26.1. The van der Waals surface area contributed by atoms with Gasteiger partial charge in [-0.1, -0.05) is 18.9 Å². The van der Waals surface area contributed by atoms with Crippen molar-refractivity contribution in [3.8, 4) is 23.1 Å². The van der Waals surface area contributed by atoms with E-state index in [9.17, 15) is 19.1 Å². The predicted molar refractivity (Wildman–Crippen MR) is 133 cm³/mol. The van der Waals surface area contributed by atoms with Gasteiger partial charge in [0.25, 0.3) is 11.5 Å². The highest BCUT2D eigenvalue weighted by Crippen LogP contribution is 2.39. The summed E-state index contributed by atoms with van der Waals surface area (Å²) < 4.78 is 26.8. The second-order valence-corrected chi connectivity index (χ2v) is 9.47. The van der Waals surface area contributed by atoms with E-state index in [1.165, 1.54) is 42.0 Å². The molecular formula is C27H29FN4O5. The van der Waals surface area contributed by atoms with Crippen LogP contribution in [0.4, 0.5) is 4.39 Å². The van der Waals surface area contributed by atoms with Gasteiger partial charge in [-0.15, -0.1) is 0 Å². The summed E-state index contributed by atoms with van der Waals surface area (Å²) in [6, 6.07) is 8.00. The molecule has 2 aromatic heterocycles. The maximum absolute atomic E-state index is 14.3. The summed E-state index contributed by atoms with van der Waals surface area (Å²) in [6.07, 6.45) is 5.49. The highest BCUT2D eigenvalue weighted by Gasteiger charge is 2.35. The molecule has 0 spiro atoms. The molecule has 1 aliphatic carbocycles. The van der Waals surface area contributed by atoms with E-state index < -0.39 is 28.7 Å². The van der Waals surface area contributed by atoms with Gasteiger partial charge < -0.3 is 19.5 Å². The first-order chi connectivity index (χ1) is 17.9. The van der Waals surface area contributed by atoms with Gasteiger partial charge in [0.1, 0.15) is 28.8 Å². The second kappa shape index (κ2) is 10.2. The number of carbonyl (C=O) groups is 1. The first kappa shape index (κ1) is 24.7. The topological polar surface area (TPSA) is 107 Å². The van der Waals surface area contributed by atoms with Gasteiger partial charge in [-0.25, -0.2) is 4.39 Å². The smallest absolute Gasteiger partial charge is 0.289 e. The fourth-order valence-electron chi connectivity index (χ4n) is 4.96. The van der Waals surface area contributed by atoms with E-state index in [-0.39, 0.29) is 18.2 Å². The Morgan fingerprint density at radius 3 is 2.51 bits per heavy atom. The van der Waals surface area contributed by atoms with Gasteiger partial charge in [-0.2, -0.15) is 4.98 Å². The molecule has 2 fully saturated rings. The SMILES string of the molecule is COc1cccc(OC)c1-n1c(CCC2CC2)nc(=O)c(C(=O)N2CCC(c3ncccc3F)C2)c1O. The lowest BCUT2D eigenvalue weighted by Crippen LogP contribution is -2.35. The van der Waals surface area contributed by atoms with Crippen molar-refractivity contribution in [2.45, 2.75) is 38.0 Å². The van der Waals surface area contributed by atoms with E-state index >= 15 is 0 Å². The summed E-state index contributed by atoms with van der Waals surface area (Å²) in [6.45, 7) is 0.465. The van der Waals surface area contributed by atoms with E-state index in [2.05, 4.69) is 9.97 Å². The quantitative estimate of drug-likeness (QED) is 0.497. The minimum atomic E-state index is -0.800. The molecule has 10 heteroatoms. The number of carbonyl (C=O) groups excluding carboxylic acids is 1. The first-order valence-corrected chi connectivity index (χ1v) is 12.4. The number of ether oxygens (including phenoxy) is 2. The Bertz CT molecular complexity index is 1370. The fourth-order valence-corrected chi connectivity index (χ4v) is 4.96. The molecule has 1 saturated heterocycles. The van der Waals surface area contributed by atoms with Gasteiger partial charge in [0.2, 0.25) is 5.88 Å². The molecule has 2 aliphatic rings. The van der Waals surface area contributed by atoms with Crippen molar-refractivity contribution in [1.82, 2.24) is 19.4 Å². The number of amides is 1. The Hall–Kier alpha value is -3.95. The maximum atomic E-state index is 14.3. The number of hydrogen-bond acceptors (Lipinski definition) is 7. The van der Waals surface area contributed by atoms with Gasteiger partial charge in [0, 0.05) is 31.6 Å². The number of hydrogen-bond donors (Lipinski definition) is 1. The normalized spacial score (nSPS) is 17.2. The van der Waals surface area contributed by atoms with Crippen molar-refractivity contribution in [2.75, 3.05) is 27.3 Å². The molecule has 1 aromatic carbocycles. The van der Waals surface area contributed by atoms with Crippen molar-refractivity contribution in [2.24, 2.45) is 5.92 Å². The third-order valence-electron chi connectivity index (χ3n) is 7.10. The molecule has 5 rings (SSSR count). The Morgan fingerprint density at radius 1 is 1.14 bits per heavy atom. The molecule has 1 N–H and O–H groups in total. The number of rotatable bonds is 8. The van der Waals surface area contributed by atoms with E-state index in [1.807, 2.05) is 0 Å². The largest absolute Gasteiger partial charge is 0.494 e. The van der Waals surface area contributed by atoms with E-state index in [1.54, 1.807) is 18.2 Å². The lowest BCUT2D eigenvalue weighted by Gasteiger charge is -2.22. The number of methoxy groups -OCH3 is 2. The number of para-hydroxylation sites is 1. The molecule has 1 saturated carbocycles. The number of aromatic hydroxyl groups is 1. The molecule has 194 valence electrons. The summed E-state index contributed by atoms with van der Waals surface area (Å²) in [4.78, 5) is 36.5. The molecule has 3 aromatic rings. The molecule has 37 heavy (non-hydrogen) atoms. The minimum Gasteiger partial charge on any atom is -0.494 e. The van der Waals surface area contributed by atoms with Crippen LogP contribution in [0.1, 0.15) is 53.5 Å². The van der Waals surface area contributed by atoms with E-state index in [0.29, 0.717) is 48.3 Å². The Kier molecular flexibility index (Phi) is 6.82. The van der Waals surface area contributed by atoms with Crippen LogP contribution >= 0.6 is 0 Å². The highest BCUT2D eigenvalue weighted by molar-refractivity contribution is 5.96. The van der Waals surface area contributed by atoms with Crippen molar-refractivity contribution >= 4 is 5.91 Å². The second-order valence-electron chi connectivity index (χ2n) is 9.47. The first-order valence-electron chi connectivity index (χ1n) is 12.4. The summed E-state index contributed by atoms with van der Waals surface area (Å²) in [5, 5.41) is 11.5. The lowest BCUT2D eigenvalue weighted by molar-refractivity contribution is 0.0784. The number of halogens is 1. The molecule has 1 atom stereocenters. The minimum absolute atomic E-state index is 0.174. The number of likely N-dealkylation sites (tertiary alicyclic amines) is 1. The molecule has 1 amide bonds. The average Bonchev–Trinajstić information content (AvgIpc) is 3.60. The molecule has 3 heterocycles. The van der Waals surface area contributed by atoms with Crippen LogP contribution < -0.4 is 15.0 Å². The molecule has 0 radical (unpaired) electrons. The number of nitrogens with zero attached hydrogens (tertiary/aromatic N) is 4. The molecule has 9 nitrogen and oxygen atoms in total. The summed E-state index contributed by atoms with van der Waals surface area (Å²) in [7, 11) is 2.98. The summed E-state index contributed by atoms with van der Waals surface area (Å²) in [5.74, 6) is -0.274. The Balaban J connectivity index is 1.57. The molecular weight excluding hydrogens is 479 g/mol. The van der Waals surface area contributed by atoms with Crippen molar-refractivity contribution in [1.29, 1.82) is 0 Å². The van der Waals surface area contributed by atoms with Crippen LogP contribution in [0.25, 0.3) is 5.69 Å². The molecule has 0 bridgehead atoms. The van der Waals surface area contributed by atoms with Crippen molar-refractivity contribution in [3.63, 3.8) is 0 Å². The van der Waals surface area contributed by atoms with Crippen molar-refractivity contribution < 1.29 is 23.8 Å². The summed E-state index contributed by atoms with van der Waals surface area (Å²) >= 11 is 0. The Labute approximate surface area is 213 Å². The predicted octanol–water partition coefficient (Wildman–Crippen LogP) is 3.46. The standard InChI is InChI=1S/C27H29FN4O5/c1-36-19-6-3-7-20(37-2)24(19)32-21(11-10-16-8-9-16)30-25(33)22(27(32)35)26(34)31-14-12-17(15-31)23-18(28)5-4-13-29-23/h3-7,13,16-17,35H,8-12,14-15H2,1-2H3. The van der Waals surface area contributed by atoms with Crippen LogP contribution in [0.2, 0.25) is 0 Å². The lowest BCUT2D eigenvalue weighted by atomic mass is 10.0. The van der Waals surface area contributed by atoms with Crippen LogP contribution in [0.15, 0.2) is 41.3 Å². The number of benzene rings is 1. The monoisotopic (exact) mass is 508 g/mol. The van der Waals surface area contributed by atoms with Gasteiger partial charge in [0.15, 0.2) is 5.56 Å². The van der Waals surface area contributed by atoms with Crippen LogP contribution in [0.5, 0.6) is 17.4 Å². The van der Waals surface area contributed by atoms with Gasteiger partial charge in [-0.05, 0) is 43.0 Å². The van der Waals surface area contributed by atoms with Crippen LogP contribution in [-0.2, 0) is 6.42 Å². The zero-order valence-electron chi connectivity index (χ0n) is 20.8. The van der Waals surface area contributed by atoms with Gasteiger partial charge in [-0.3, -0.25) is 19.1 Å². The van der Waals surface area contributed by atoms with Crippen LogP contribution in [-0.4, -0.2) is 57.8 Å².